The number of esters is 1. The first kappa shape index (κ1) is 13.4. The van der Waals surface area contributed by atoms with Crippen molar-refractivity contribution in [3.05, 3.63) is 53.6 Å². The zero-order valence-corrected chi connectivity index (χ0v) is 10.2. The highest BCUT2D eigenvalue weighted by atomic mass is 16.5. The van der Waals surface area contributed by atoms with Gasteiger partial charge in [-0.2, -0.15) is 0 Å². The Labute approximate surface area is 114 Å². The van der Waals surface area contributed by atoms with E-state index in [-0.39, 0.29) is 28.3 Å². The van der Waals surface area contributed by atoms with Crippen molar-refractivity contribution < 1.29 is 24.5 Å². The van der Waals surface area contributed by atoms with E-state index < -0.39 is 11.9 Å². The number of hydrogen-bond donors (Lipinski definition) is 3. The summed E-state index contributed by atoms with van der Waals surface area (Å²) in [5.41, 5.74) is 5.28. The zero-order valence-electron chi connectivity index (χ0n) is 10.2. The molecule has 6 heteroatoms. The van der Waals surface area contributed by atoms with E-state index in [1.165, 1.54) is 42.5 Å². The first-order valence-corrected chi connectivity index (χ1v) is 5.62. The maximum absolute atomic E-state index is 12.0. The molecule has 0 unspecified atom stereocenters. The minimum Gasteiger partial charge on any atom is -0.507 e. The average molecular weight is 273 g/mol. The second kappa shape index (κ2) is 5.31. The number of nitrogen functional groups attached to an aromatic ring is 1. The van der Waals surface area contributed by atoms with E-state index in [1.54, 1.807) is 0 Å². The van der Waals surface area contributed by atoms with E-state index in [4.69, 9.17) is 15.6 Å². The second-order valence-electron chi connectivity index (χ2n) is 3.93. The van der Waals surface area contributed by atoms with Crippen molar-refractivity contribution in [2.24, 2.45) is 0 Å². The molecule has 0 aromatic heterocycles. The van der Waals surface area contributed by atoms with Gasteiger partial charge in [-0.1, -0.05) is 18.2 Å². The van der Waals surface area contributed by atoms with E-state index >= 15 is 0 Å². The molecule has 0 aliphatic heterocycles. The highest BCUT2D eigenvalue weighted by Gasteiger charge is 2.19. The summed E-state index contributed by atoms with van der Waals surface area (Å²) in [6, 6.07) is 9.89. The number of nitrogens with two attached hydrogens (primary N) is 1. The summed E-state index contributed by atoms with van der Waals surface area (Å²) in [4.78, 5) is 23.0. The van der Waals surface area contributed by atoms with Gasteiger partial charge in [0.1, 0.15) is 22.6 Å². The van der Waals surface area contributed by atoms with Crippen LogP contribution < -0.4 is 10.5 Å². The van der Waals surface area contributed by atoms with Crippen molar-refractivity contribution in [2.75, 3.05) is 5.73 Å². The maximum atomic E-state index is 12.0. The largest absolute Gasteiger partial charge is 0.507 e. The minimum atomic E-state index is -1.22. The molecule has 0 heterocycles. The Kier molecular flexibility index (Phi) is 3.56. The van der Waals surface area contributed by atoms with Crippen LogP contribution in [0.15, 0.2) is 42.5 Å². The number of phenols is 1. The number of para-hydroxylation sites is 1. The lowest BCUT2D eigenvalue weighted by Gasteiger charge is -2.09. The van der Waals surface area contributed by atoms with Gasteiger partial charge in [0.05, 0.1) is 0 Å². The predicted molar refractivity (Wildman–Crippen MR) is 70.9 cm³/mol. The lowest BCUT2D eigenvalue weighted by atomic mass is 10.1. The second-order valence-corrected chi connectivity index (χ2v) is 3.93. The molecule has 20 heavy (non-hydrogen) atoms. The minimum absolute atomic E-state index is 0.0443. The quantitative estimate of drug-likeness (QED) is 0.447. The molecule has 0 radical (unpaired) electrons. The van der Waals surface area contributed by atoms with Crippen LogP contribution in [0.5, 0.6) is 11.5 Å². The van der Waals surface area contributed by atoms with E-state index in [0.29, 0.717) is 0 Å². The summed E-state index contributed by atoms with van der Waals surface area (Å²) < 4.78 is 4.99. The maximum Gasteiger partial charge on any atom is 0.349 e. The van der Waals surface area contributed by atoms with Crippen LogP contribution in [0.4, 0.5) is 5.69 Å². The van der Waals surface area contributed by atoms with Crippen LogP contribution in [-0.4, -0.2) is 22.2 Å². The molecule has 102 valence electrons. The average Bonchev–Trinajstić information content (AvgIpc) is 2.38. The fourth-order valence-corrected chi connectivity index (χ4v) is 1.66. The van der Waals surface area contributed by atoms with Gasteiger partial charge in [-0.15, -0.1) is 0 Å². The number of phenolic OH excluding ortho intramolecular Hbond substituents is 1. The molecule has 0 amide bonds. The van der Waals surface area contributed by atoms with Crippen molar-refractivity contribution in [2.45, 2.75) is 0 Å². The molecule has 6 nitrogen and oxygen atoms in total. The van der Waals surface area contributed by atoms with Gasteiger partial charge in [-0.3, -0.25) is 0 Å². The summed E-state index contributed by atoms with van der Waals surface area (Å²) in [5.74, 6) is -2.59. The molecular weight excluding hydrogens is 262 g/mol. The molecule has 0 bridgehead atoms. The summed E-state index contributed by atoms with van der Waals surface area (Å²) in [6.45, 7) is 0. The van der Waals surface area contributed by atoms with E-state index in [9.17, 15) is 14.7 Å². The van der Waals surface area contributed by atoms with E-state index in [2.05, 4.69) is 0 Å². The molecule has 4 N–H and O–H groups in total. The first-order chi connectivity index (χ1) is 9.50. The van der Waals surface area contributed by atoms with Crippen molar-refractivity contribution in [1.82, 2.24) is 0 Å². The van der Waals surface area contributed by atoms with Crippen LogP contribution in [-0.2, 0) is 0 Å². The van der Waals surface area contributed by atoms with Crippen LogP contribution in [0.1, 0.15) is 20.7 Å². The molecule has 0 aliphatic carbocycles. The smallest absolute Gasteiger partial charge is 0.349 e. The third-order valence-electron chi connectivity index (χ3n) is 2.60. The number of aromatic hydroxyl groups is 1. The van der Waals surface area contributed by atoms with Gasteiger partial charge >= 0.3 is 11.9 Å². The Bertz CT molecular complexity index is 661. The zero-order chi connectivity index (χ0) is 14.7. The molecule has 0 saturated heterocycles. The Morgan fingerprint density at radius 3 is 2.40 bits per heavy atom. The number of carboxylic acids is 1. The molecule has 0 fully saturated rings. The van der Waals surface area contributed by atoms with Crippen molar-refractivity contribution in [3.63, 3.8) is 0 Å². The summed E-state index contributed by atoms with van der Waals surface area (Å²) in [5, 5.41) is 18.6. The highest BCUT2D eigenvalue weighted by Crippen LogP contribution is 2.26. The standard InChI is InChI=1S/C14H11NO5/c15-9-5-3-6-10(16)12(9)14(19)20-11-7-2-1-4-8(11)13(17)18/h1-7,16H,15H2,(H,17,18). The molecule has 0 atom stereocenters. The third kappa shape index (κ3) is 2.54. The molecule has 2 rings (SSSR count). The molecule has 2 aromatic carbocycles. The Morgan fingerprint density at radius 1 is 1.05 bits per heavy atom. The van der Waals surface area contributed by atoms with Gasteiger partial charge in [-0.25, -0.2) is 9.59 Å². The lowest BCUT2D eigenvalue weighted by Crippen LogP contribution is -2.13. The number of carbonyl (C=O) groups excluding carboxylic acids is 1. The fraction of sp³-hybridized carbons (Fsp3) is 0. The Hall–Kier alpha value is -3.02. The number of ether oxygens (including phenoxy) is 1. The number of anilines is 1. The predicted octanol–water partition coefficient (Wildman–Crippen LogP) is 1.89. The lowest BCUT2D eigenvalue weighted by molar-refractivity contribution is 0.0681. The normalized spacial score (nSPS) is 10.0. The monoisotopic (exact) mass is 273 g/mol. The van der Waals surface area contributed by atoms with Crippen LogP contribution in [0.25, 0.3) is 0 Å². The van der Waals surface area contributed by atoms with E-state index in [0.717, 1.165) is 0 Å². The van der Waals surface area contributed by atoms with Crippen LogP contribution in [0, 0.1) is 0 Å². The third-order valence-corrected chi connectivity index (χ3v) is 2.60. The summed E-state index contributed by atoms with van der Waals surface area (Å²) in [7, 11) is 0. The Morgan fingerprint density at radius 2 is 1.75 bits per heavy atom. The van der Waals surface area contributed by atoms with Crippen molar-refractivity contribution >= 4 is 17.6 Å². The summed E-state index contributed by atoms with van der Waals surface area (Å²) >= 11 is 0. The van der Waals surface area contributed by atoms with Gasteiger partial charge in [0.15, 0.2) is 0 Å². The number of benzene rings is 2. The van der Waals surface area contributed by atoms with Gasteiger partial charge < -0.3 is 20.7 Å². The number of rotatable bonds is 3. The number of carbonyl (C=O) groups is 2. The fourth-order valence-electron chi connectivity index (χ4n) is 1.66. The molecule has 2 aromatic rings. The highest BCUT2D eigenvalue weighted by molar-refractivity contribution is 6.00. The van der Waals surface area contributed by atoms with Crippen molar-refractivity contribution in [3.8, 4) is 11.5 Å². The number of aromatic carboxylic acids is 1. The van der Waals surface area contributed by atoms with Crippen LogP contribution >= 0.6 is 0 Å². The van der Waals surface area contributed by atoms with Gasteiger partial charge in [0.2, 0.25) is 0 Å². The van der Waals surface area contributed by atoms with Gasteiger partial charge in [0, 0.05) is 5.69 Å². The van der Waals surface area contributed by atoms with E-state index in [1.807, 2.05) is 0 Å². The SMILES string of the molecule is Nc1cccc(O)c1C(=O)Oc1ccccc1C(=O)O. The molecular formula is C14H11NO5. The molecule has 0 spiro atoms. The first-order valence-electron chi connectivity index (χ1n) is 5.62. The molecule has 0 aliphatic rings. The number of carboxylic acid groups (broad SMARTS) is 1. The summed E-state index contributed by atoms with van der Waals surface area (Å²) in [6.07, 6.45) is 0. The Balaban J connectivity index is 2.36. The van der Waals surface area contributed by atoms with Gasteiger partial charge in [-0.05, 0) is 24.3 Å². The molecule has 0 saturated carbocycles. The topological polar surface area (TPSA) is 110 Å². The van der Waals surface area contributed by atoms with Gasteiger partial charge in [0.25, 0.3) is 0 Å². The number of hydrogen-bond acceptors (Lipinski definition) is 5. The van der Waals surface area contributed by atoms with Crippen molar-refractivity contribution in [1.29, 1.82) is 0 Å². The van der Waals surface area contributed by atoms with Crippen LogP contribution in [0.2, 0.25) is 0 Å². The van der Waals surface area contributed by atoms with Crippen LogP contribution in [0.3, 0.4) is 0 Å².